The zero-order chi connectivity index (χ0) is 17.9. The summed E-state index contributed by atoms with van der Waals surface area (Å²) in [4.78, 5) is 25.3. The molecule has 2 aliphatic heterocycles. The number of aromatic nitrogens is 2. The van der Waals surface area contributed by atoms with Crippen molar-refractivity contribution in [1.29, 1.82) is 0 Å². The van der Waals surface area contributed by atoms with Gasteiger partial charge in [-0.25, -0.2) is 9.97 Å². The van der Waals surface area contributed by atoms with Gasteiger partial charge in [0.25, 0.3) is 0 Å². The second-order valence-corrected chi connectivity index (χ2v) is 6.00. The predicted molar refractivity (Wildman–Crippen MR) is 83.1 cm³/mol. The number of carbonyl (C=O) groups excluding carboxylic acids is 1. The van der Waals surface area contributed by atoms with Crippen LogP contribution in [0.4, 0.5) is 19.1 Å². The van der Waals surface area contributed by atoms with Gasteiger partial charge in [0.2, 0.25) is 11.9 Å². The van der Waals surface area contributed by atoms with Crippen LogP contribution in [0.2, 0.25) is 0 Å². The molecule has 25 heavy (non-hydrogen) atoms. The highest BCUT2D eigenvalue weighted by atomic mass is 19.4. The number of hydrogen-bond donors (Lipinski definition) is 0. The lowest BCUT2D eigenvalue weighted by atomic mass is 10.3. The minimum Gasteiger partial charge on any atom is -0.378 e. The molecule has 0 atom stereocenters. The molecule has 1 aromatic heterocycles. The summed E-state index contributed by atoms with van der Waals surface area (Å²) in [5, 5.41) is 0. The molecule has 10 heteroatoms. The fourth-order valence-electron chi connectivity index (χ4n) is 2.87. The Bertz CT molecular complexity index is 599. The number of rotatable bonds is 3. The Hall–Kier alpha value is -1.94. The molecule has 2 fully saturated rings. The first-order valence-corrected chi connectivity index (χ1v) is 8.16. The molecule has 0 N–H and O–H groups in total. The van der Waals surface area contributed by atoms with Gasteiger partial charge in [-0.15, -0.1) is 0 Å². The largest absolute Gasteiger partial charge is 0.433 e. The van der Waals surface area contributed by atoms with Crippen molar-refractivity contribution in [3.05, 3.63) is 18.0 Å². The molecule has 2 saturated heterocycles. The van der Waals surface area contributed by atoms with E-state index >= 15 is 0 Å². The molecule has 0 aromatic carbocycles. The summed E-state index contributed by atoms with van der Waals surface area (Å²) in [6.45, 7) is 4.78. The monoisotopic (exact) mass is 359 g/mol. The summed E-state index contributed by atoms with van der Waals surface area (Å²) in [7, 11) is 0. The second-order valence-electron chi connectivity index (χ2n) is 6.00. The average molecular weight is 359 g/mol. The van der Waals surface area contributed by atoms with Crippen molar-refractivity contribution in [3.8, 4) is 0 Å². The van der Waals surface area contributed by atoms with Crippen molar-refractivity contribution in [3.63, 3.8) is 0 Å². The molecule has 0 saturated carbocycles. The van der Waals surface area contributed by atoms with Gasteiger partial charge in [-0.05, 0) is 6.07 Å². The summed E-state index contributed by atoms with van der Waals surface area (Å²) in [5.74, 6) is 0.140. The van der Waals surface area contributed by atoms with Gasteiger partial charge in [-0.2, -0.15) is 13.2 Å². The Morgan fingerprint density at radius 1 is 1.12 bits per heavy atom. The smallest absolute Gasteiger partial charge is 0.378 e. The summed E-state index contributed by atoms with van der Waals surface area (Å²) >= 11 is 0. The third-order valence-corrected chi connectivity index (χ3v) is 4.31. The Morgan fingerprint density at radius 2 is 1.80 bits per heavy atom. The molecule has 0 radical (unpaired) electrons. The maximum absolute atomic E-state index is 12.7. The number of amides is 1. The highest BCUT2D eigenvalue weighted by Gasteiger charge is 2.33. The third-order valence-electron chi connectivity index (χ3n) is 4.31. The maximum atomic E-state index is 12.7. The van der Waals surface area contributed by atoms with E-state index in [0.29, 0.717) is 59.0 Å². The lowest BCUT2D eigenvalue weighted by Crippen LogP contribution is -2.52. The van der Waals surface area contributed by atoms with Crippen molar-refractivity contribution in [2.45, 2.75) is 6.18 Å². The van der Waals surface area contributed by atoms with Crippen LogP contribution < -0.4 is 4.90 Å². The van der Waals surface area contributed by atoms with Gasteiger partial charge >= 0.3 is 6.18 Å². The van der Waals surface area contributed by atoms with E-state index in [2.05, 4.69) is 9.97 Å². The SMILES string of the molecule is O=C(CN1CCN(c2nccc(C(F)(F)F)n2)CC1)N1CCOCC1. The molecule has 0 bridgehead atoms. The number of carbonyl (C=O) groups is 1. The zero-order valence-corrected chi connectivity index (χ0v) is 13.7. The van der Waals surface area contributed by atoms with Crippen LogP contribution >= 0.6 is 0 Å². The van der Waals surface area contributed by atoms with Crippen LogP contribution in [0.5, 0.6) is 0 Å². The quantitative estimate of drug-likeness (QED) is 0.782. The molecule has 2 aliphatic rings. The van der Waals surface area contributed by atoms with Gasteiger partial charge in [0.1, 0.15) is 5.69 Å². The Kier molecular flexibility index (Phi) is 5.38. The van der Waals surface area contributed by atoms with Crippen LogP contribution in [0.1, 0.15) is 5.69 Å². The van der Waals surface area contributed by atoms with Crippen LogP contribution in [-0.4, -0.2) is 84.7 Å². The number of nitrogens with zero attached hydrogens (tertiary/aromatic N) is 5. The van der Waals surface area contributed by atoms with Crippen LogP contribution in [0.3, 0.4) is 0 Å². The molecule has 1 amide bonds. The minimum absolute atomic E-state index is 0.0621. The van der Waals surface area contributed by atoms with Crippen LogP contribution in [-0.2, 0) is 15.7 Å². The molecule has 0 spiro atoms. The van der Waals surface area contributed by atoms with E-state index in [0.717, 1.165) is 12.3 Å². The molecular weight excluding hydrogens is 339 g/mol. The van der Waals surface area contributed by atoms with Crippen molar-refractivity contribution >= 4 is 11.9 Å². The normalized spacial score (nSPS) is 20.0. The topological polar surface area (TPSA) is 61.8 Å². The van der Waals surface area contributed by atoms with Crippen LogP contribution in [0.15, 0.2) is 12.3 Å². The maximum Gasteiger partial charge on any atom is 0.433 e. The molecule has 0 aliphatic carbocycles. The van der Waals surface area contributed by atoms with E-state index in [1.165, 1.54) is 0 Å². The van der Waals surface area contributed by atoms with E-state index in [1.54, 1.807) is 9.80 Å². The first-order chi connectivity index (χ1) is 11.9. The van der Waals surface area contributed by atoms with Gasteiger partial charge in [-0.1, -0.05) is 0 Å². The Labute approximate surface area is 143 Å². The first kappa shape index (κ1) is 17.9. The summed E-state index contributed by atoms with van der Waals surface area (Å²) in [6.07, 6.45) is -3.36. The van der Waals surface area contributed by atoms with Crippen molar-refractivity contribution in [1.82, 2.24) is 19.8 Å². The standard InChI is InChI=1S/C15H20F3N5O2/c16-15(17,18)12-1-2-19-14(20-12)23-5-3-21(4-6-23)11-13(24)22-7-9-25-10-8-22/h1-2H,3-11H2. The highest BCUT2D eigenvalue weighted by Crippen LogP contribution is 2.28. The molecule has 3 heterocycles. The number of piperazine rings is 1. The molecule has 3 rings (SSSR count). The number of morpholine rings is 1. The van der Waals surface area contributed by atoms with E-state index in [9.17, 15) is 18.0 Å². The molecule has 7 nitrogen and oxygen atoms in total. The van der Waals surface area contributed by atoms with Crippen LogP contribution in [0, 0.1) is 0 Å². The number of halogens is 3. The number of hydrogen-bond acceptors (Lipinski definition) is 6. The molecule has 138 valence electrons. The van der Waals surface area contributed by atoms with E-state index in [1.807, 2.05) is 4.90 Å². The van der Waals surface area contributed by atoms with Crippen molar-refractivity contribution in [2.24, 2.45) is 0 Å². The predicted octanol–water partition coefficient (Wildman–Crippen LogP) is 0.476. The molecule has 0 unspecified atom stereocenters. The average Bonchev–Trinajstić information content (AvgIpc) is 2.62. The second kappa shape index (κ2) is 7.52. The summed E-state index contributed by atoms with van der Waals surface area (Å²) in [5.41, 5.74) is -0.942. The highest BCUT2D eigenvalue weighted by molar-refractivity contribution is 5.78. The Morgan fingerprint density at radius 3 is 2.44 bits per heavy atom. The molecular formula is C15H20F3N5O2. The molecule has 1 aromatic rings. The third kappa shape index (κ3) is 4.57. The number of ether oxygens (including phenoxy) is 1. The van der Waals surface area contributed by atoms with Gasteiger partial charge in [0.05, 0.1) is 19.8 Å². The zero-order valence-electron chi connectivity index (χ0n) is 13.7. The van der Waals surface area contributed by atoms with E-state index < -0.39 is 11.9 Å². The first-order valence-electron chi connectivity index (χ1n) is 8.16. The fourth-order valence-corrected chi connectivity index (χ4v) is 2.87. The van der Waals surface area contributed by atoms with Crippen LogP contribution in [0.25, 0.3) is 0 Å². The van der Waals surface area contributed by atoms with Gasteiger partial charge in [0, 0.05) is 45.5 Å². The van der Waals surface area contributed by atoms with Crippen molar-refractivity contribution < 1.29 is 22.7 Å². The number of anilines is 1. The lowest BCUT2D eigenvalue weighted by molar-refractivity contribution is -0.141. The summed E-state index contributed by atoms with van der Waals surface area (Å²) in [6, 6.07) is 0.862. The number of alkyl halides is 3. The Balaban J connectivity index is 1.52. The summed E-state index contributed by atoms with van der Waals surface area (Å²) < 4.78 is 43.5. The van der Waals surface area contributed by atoms with E-state index in [-0.39, 0.29) is 11.9 Å². The fraction of sp³-hybridized carbons (Fsp3) is 0.667. The van der Waals surface area contributed by atoms with Gasteiger partial charge < -0.3 is 14.5 Å². The van der Waals surface area contributed by atoms with Gasteiger partial charge in [-0.3, -0.25) is 9.69 Å². The van der Waals surface area contributed by atoms with Gasteiger partial charge in [0.15, 0.2) is 0 Å². The minimum atomic E-state index is -4.48. The van der Waals surface area contributed by atoms with Crippen molar-refractivity contribution in [2.75, 3.05) is 63.9 Å². The lowest BCUT2D eigenvalue weighted by Gasteiger charge is -2.36. The van der Waals surface area contributed by atoms with E-state index in [4.69, 9.17) is 4.74 Å².